The van der Waals surface area contributed by atoms with E-state index >= 15 is 0 Å². The number of nitrogens with zero attached hydrogens (tertiary/aromatic N) is 2. The molecular weight excluding hydrogens is 288 g/mol. The average Bonchev–Trinajstić information content (AvgIpc) is 2.86. The molecule has 4 heteroatoms. The van der Waals surface area contributed by atoms with E-state index in [1.807, 2.05) is 37.1 Å². The van der Waals surface area contributed by atoms with E-state index in [-0.39, 0.29) is 18.0 Å². The Kier molecular flexibility index (Phi) is 4.24. The number of aryl methyl sites for hydroxylation is 3. The Morgan fingerprint density at radius 2 is 2.17 bits per heavy atom. The lowest BCUT2D eigenvalue weighted by atomic mass is 9.90. The molecule has 0 radical (unpaired) electrons. The van der Waals surface area contributed by atoms with Crippen LogP contribution in [0.1, 0.15) is 65.9 Å². The molecule has 1 amide bonds. The summed E-state index contributed by atoms with van der Waals surface area (Å²) in [6.45, 7) is 7.91. The molecular formula is C19H24N2O2. The van der Waals surface area contributed by atoms with Gasteiger partial charge in [0.1, 0.15) is 5.76 Å². The van der Waals surface area contributed by atoms with Gasteiger partial charge < -0.3 is 9.32 Å². The van der Waals surface area contributed by atoms with Gasteiger partial charge in [-0.1, -0.05) is 6.07 Å². The van der Waals surface area contributed by atoms with Crippen molar-refractivity contribution in [3.05, 3.63) is 52.7 Å². The summed E-state index contributed by atoms with van der Waals surface area (Å²) < 4.78 is 5.67. The lowest BCUT2D eigenvalue weighted by Crippen LogP contribution is -2.41. The molecule has 1 unspecified atom stereocenters. The molecule has 2 heterocycles. The molecule has 122 valence electrons. The number of hydrogen-bond donors (Lipinski definition) is 0. The highest BCUT2D eigenvalue weighted by Gasteiger charge is 2.34. The first kappa shape index (κ1) is 15.8. The molecule has 0 saturated carbocycles. The fraction of sp³-hybridized carbons (Fsp3) is 0.474. The van der Waals surface area contributed by atoms with Crippen molar-refractivity contribution in [2.24, 2.45) is 0 Å². The predicted octanol–water partition coefficient (Wildman–Crippen LogP) is 4.22. The van der Waals surface area contributed by atoms with Crippen molar-refractivity contribution in [3.8, 4) is 0 Å². The van der Waals surface area contributed by atoms with Gasteiger partial charge in [-0.15, -0.1) is 0 Å². The molecule has 0 bridgehead atoms. The predicted molar refractivity (Wildman–Crippen MR) is 89.4 cm³/mol. The number of hydrogen-bond acceptors (Lipinski definition) is 3. The monoisotopic (exact) mass is 312 g/mol. The molecule has 0 N–H and O–H groups in total. The summed E-state index contributed by atoms with van der Waals surface area (Å²) >= 11 is 0. The quantitative estimate of drug-likeness (QED) is 0.852. The Balaban J connectivity index is 2.00. The van der Waals surface area contributed by atoms with Crippen LogP contribution in [0.25, 0.3) is 0 Å². The smallest absolute Gasteiger partial charge is 0.290 e. The van der Waals surface area contributed by atoms with Crippen LogP contribution in [0.4, 0.5) is 0 Å². The van der Waals surface area contributed by atoms with Crippen LogP contribution in [-0.2, 0) is 6.42 Å². The summed E-state index contributed by atoms with van der Waals surface area (Å²) in [6.07, 6.45) is 4.89. The Morgan fingerprint density at radius 3 is 2.83 bits per heavy atom. The van der Waals surface area contributed by atoms with E-state index in [0.29, 0.717) is 5.76 Å². The van der Waals surface area contributed by atoms with Crippen LogP contribution in [0.5, 0.6) is 0 Å². The van der Waals surface area contributed by atoms with Gasteiger partial charge in [0.2, 0.25) is 0 Å². The molecule has 1 aliphatic rings. The fourth-order valence-corrected chi connectivity index (χ4v) is 3.56. The van der Waals surface area contributed by atoms with E-state index in [1.54, 1.807) is 0 Å². The van der Waals surface area contributed by atoms with Gasteiger partial charge in [0.15, 0.2) is 5.76 Å². The molecule has 0 spiro atoms. The summed E-state index contributed by atoms with van der Waals surface area (Å²) in [5.41, 5.74) is 3.20. The molecule has 0 aromatic carbocycles. The number of aromatic nitrogens is 1. The van der Waals surface area contributed by atoms with Crippen molar-refractivity contribution < 1.29 is 9.21 Å². The number of rotatable bonds is 3. The third kappa shape index (κ3) is 2.90. The van der Waals surface area contributed by atoms with Crippen molar-refractivity contribution in [3.63, 3.8) is 0 Å². The summed E-state index contributed by atoms with van der Waals surface area (Å²) in [5, 5.41) is 0. The second-order valence-corrected chi connectivity index (χ2v) is 6.63. The van der Waals surface area contributed by atoms with Crippen LogP contribution in [0.3, 0.4) is 0 Å². The third-order valence-electron chi connectivity index (χ3n) is 4.53. The number of carbonyl (C=O) groups is 1. The molecule has 2 aromatic rings. The van der Waals surface area contributed by atoms with Gasteiger partial charge in [-0.05, 0) is 64.7 Å². The lowest BCUT2D eigenvalue weighted by Gasteiger charge is -2.37. The first-order valence-electron chi connectivity index (χ1n) is 8.32. The van der Waals surface area contributed by atoms with Crippen molar-refractivity contribution in [2.75, 3.05) is 0 Å². The highest BCUT2D eigenvalue weighted by atomic mass is 16.4. The van der Waals surface area contributed by atoms with E-state index in [1.165, 1.54) is 5.56 Å². The van der Waals surface area contributed by atoms with Gasteiger partial charge in [0.05, 0.1) is 11.7 Å². The van der Waals surface area contributed by atoms with Crippen molar-refractivity contribution in [1.29, 1.82) is 0 Å². The molecule has 4 nitrogen and oxygen atoms in total. The minimum absolute atomic E-state index is 0.0252. The number of furan rings is 1. The highest BCUT2D eigenvalue weighted by Crippen LogP contribution is 2.35. The molecule has 0 aliphatic heterocycles. The highest BCUT2D eigenvalue weighted by molar-refractivity contribution is 5.93. The Bertz CT molecular complexity index is 718. The van der Waals surface area contributed by atoms with Crippen molar-refractivity contribution in [1.82, 2.24) is 9.88 Å². The van der Waals surface area contributed by atoms with Gasteiger partial charge in [-0.2, -0.15) is 0 Å². The maximum Gasteiger partial charge on any atom is 0.290 e. The van der Waals surface area contributed by atoms with E-state index in [2.05, 4.69) is 24.9 Å². The fourth-order valence-electron chi connectivity index (χ4n) is 3.56. The number of carbonyl (C=O) groups excluding carboxylic acids is 1. The summed E-state index contributed by atoms with van der Waals surface area (Å²) in [4.78, 5) is 19.7. The molecule has 1 atom stereocenters. The molecule has 23 heavy (non-hydrogen) atoms. The van der Waals surface area contributed by atoms with Crippen LogP contribution in [0.15, 0.2) is 28.8 Å². The standard InChI is InChI=1S/C19H24N2O2/c1-12(2)21(19(22)18-13(3)11-14(4)23-18)16-9-5-7-15-8-6-10-20-17(15)16/h6,8,10-12,16H,5,7,9H2,1-4H3. The molecule has 0 fully saturated rings. The number of amides is 1. The van der Waals surface area contributed by atoms with Gasteiger partial charge in [0, 0.05) is 17.8 Å². The zero-order valence-electron chi connectivity index (χ0n) is 14.3. The minimum Gasteiger partial charge on any atom is -0.456 e. The van der Waals surface area contributed by atoms with Gasteiger partial charge in [0.25, 0.3) is 5.91 Å². The third-order valence-corrected chi connectivity index (χ3v) is 4.53. The lowest BCUT2D eigenvalue weighted by molar-refractivity contribution is 0.0541. The van der Waals surface area contributed by atoms with Crippen LogP contribution in [0.2, 0.25) is 0 Å². The SMILES string of the molecule is Cc1cc(C)c(C(=O)N(C(C)C)C2CCCc3cccnc32)o1. The number of pyridine rings is 1. The minimum atomic E-state index is -0.0332. The molecule has 3 rings (SSSR count). The Labute approximate surface area is 137 Å². The summed E-state index contributed by atoms with van der Waals surface area (Å²) in [6, 6.07) is 6.13. The van der Waals surface area contributed by atoms with Crippen molar-refractivity contribution in [2.45, 2.75) is 59.0 Å². The van der Waals surface area contributed by atoms with Crippen LogP contribution in [0, 0.1) is 13.8 Å². The topological polar surface area (TPSA) is 46.3 Å². The van der Waals surface area contributed by atoms with Crippen molar-refractivity contribution >= 4 is 5.91 Å². The van der Waals surface area contributed by atoms with E-state index in [0.717, 1.165) is 36.3 Å². The van der Waals surface area contributed by atoms with Crippen LogP contribution >= 0.6 is 0 Å². The first-order valence-corrected chi connectivity index (χ1v) is 8.32. The molecule has 2 aromatic heterocycles. The van der Waals surface area contributed by atoms with Crippen LogP contribution in [-0.4, -0.2) is 21.8 Å². The Hall–Kier alpha value is -2.10. The average molecular weight is 312 g/mol. The largest absolute Gasteiger partial charge is 0.456 e. The number of fused-ring (bicyclic) bond motifs is 1. The Morgan fingerprint density at radius 1 is 1.39 bits per heavy atom. The summed E-state index contributed by atoms with van der Waals surface area (Å²) in [7, 11) is 0. The second kappa shape index (κ2) is 6.19. The summed E-state index contributed by atoms with van der Waals surface area (Å²) in [5.74, 6) is 1.20. The zero-order valence-corrected chi connectivity index (χ0v) is 14.3. The maximum atomic E-state index is 13.1. The van der Waals surface area contributed by atoms with E-state index in [4.69, 9.17) is 4.42 Å². The first-order chi connectivity index (χ1) is 11.0. The zero-order chi connectivity index (χ0) is 16.6. The maximum absolute atomic E-state index is 13.1. The van der Waals surface area contributed by atoms with Crippen LogP contribution < -0.4 is 0 Å². The normalized spacial score (nSPS) is 17.2. The second-order valence-electron chi connectivity index (χ2n) is 6.63. The van der Waals surface area contributed by atoms with Gasteiger partial charge in [-0.25, -0.2) is 0 Å². The molecule has 1 aliphatic carbocycles. The van der Waals surface area contributed by atoms with Gasteiger partial charge in [-0.3, -0.25) is 9.78 Å². The molecule has 0 saturated heterocycles. The van der Waals surface area contributed by atoms with E-state index < -0.39 is 0 Å². The van der Waals surface area contributed by atoms with Gasteiger partial charge >= 0.3 is 0 Å². The van der Waals surface area contributed by atoms with E-state index in [9.17, 15) is 4.79 Å².